The van der Waals surface area contributed by atoms with Crippen LogP contribution in [0.2, 0.25) is 0 Å². The Morgan fingerprint density at radius 2 is 2.13 bits per heavy atom. The third-order valence-electron chi connectivity index (χ3n) is 2.09. The van der Waals surface area contributed by atoms with E-state index < -0.39 is 12.1 Å². The van der Waals surface area contributed by atoms with Crippen molar-refractivity contribution in [1.29, 1.82) is 0 Å². The molecule has 0 aliphatic carbocycles. The molecule has 1 unspecified atom stereocenters. The molecular weight excluding hydrogens is 192 g/mol. The largest absolute Gasteiger partial charge is 0.478 e. The van der Waals surface area contributed by atoms with Crippen LogP contribution in [0.1, 0.15) is 26.2 Å². The molecular formula is C12H18O3. The molecule has 0 saturated carbocycles. The van der Waals surface area contributed by atoms with Gasteiger partial charge in [0.25, 0.3) is 0 Å². The van der Waals surface area contributed by atoms with Gasteiger partial charge in [0.1, 0.15) is 0 Å². The topological polar surface area (TPSA) is 57.5 Å². The maximum atomic E-state index is 10.8. The lowest BCUT2D eigenvalue weighted by molar-refractivity contribution is -0.132. The van der Waals surface area contributed by atoms with Crippen LogP contribution in [0.25, 0.3) is 0 Å². The third-order valence-corrected chi connectivity index (χ3v) is 2.09. The molecule has 0 fully saturated rings. The highest BCUT2D eigenvalue weighted by molar-refractivity contribution is 5.92. The molecule has 0 aliphatic heterocycles. The lowest BCUT2D eigenvalue weighted by atomic mass is 9.98. The average molecular weight is 210 g/mol. The van der Waals surface area contributed by atoms with Gasteiger partial charge in [-0.3, -0.25) is 0 Å². The Morgan fingerprint density at radius 1 is 1.53 bits per heavy atom. The van der Waals surface area contributed by atoms with Crippen LogP contribution in [0.15, 0.2) is 36.5 Å². The van der Waals surface area contributed by atoms with Crippen LogP contribution < -0.4 is 0 Å². The fourth-order valence-electron chi connectivity index (χ4n) is 1.18. The van der Waals surface area contributed by atoms with Crippen LogP contribution in [-0.4, -0.2) is 22.3 Å². The molecule has 0 aromatic rings. The summed E-state index contributed by atoms with van der Waals surface area (Å²) in [6.45, 7) is 9.03. The zero-order valence-corrected chi connectivity index (χ0v) is 9.07. The van der Waals surface area contributed by atoms with Crippen LogP contribution in [-0.2, 0) is 4.79 Å². The molecule has 84 valence electrons. The molecule has 2 N–H and O–H groups in total. The summed E-state index contributed by atoms with van der Waals surface area (Å²) in [5.41, 5.74) is 0.268. The number of carboxylic acids is 1. The van der Waals surface area contributed by atoms with Crippen molar-refractivity contribution in [1.82, 2.24) is 0 Å². The van der Waals surface area contributed by atoms with Crippen molar-refractivity contribution >= 4 is 5.97 Å². The second-order valence-corrected chi connectivity index (χ2v) is 3.30. The van der Waals surface area contributed by atoms with Gasteiger partial charge in [-0.1, -0.05) is 39.0 Å². The maximum Gasteiger partial charge on any atom is 0.336 e. The molecule has 0 aromatic carbocycles. The summed E-state index contributed by atoms with van der Waals surface area (Å²) in [6, 6.07) is 0. The first-order chi connectivity index (χ1) is 7.04. The molecule has 3 nitrogen and oxygen atoms in total. The molecule has 0 saturated heterocycles. The van der Waals surface area contributed by atoms with Gasteiger partial charge in [0.2, 0.25) is 0 Å². The Morgan fingerprint density at radius 3 is 2.53 bits per heavy atom. The van der Waals surface area contributed by atoms with Gasteiger partial charge in [-0.05, 0) is 18.1 Å². The number of aliphatic hydroxyl groups excluding tert-OH is 1. The van der Waals surface area contributed by atoms with Crippen LogP contribution in [0, 0.1) is 0 Å². The molecule has 0 aromatic heterocycles. The summed E-state index contributed by atoms with van der Waals surface area (Å²) in [7, 11) is 0. The number of hydrogen-bond acceptors (Lipinski definition) is 2. The van der Waals surface area contributed by atoms with Gasteiger partial charge < -0.3 is 10.2 Å². The van der Waals surface area contributed by atoms with Crippen LogP contribution in [0.4, 0.5) is 0 Å². The van der Waals surface area contributed by atoms with Gasteiger partial charge in [-0.25, -0.2) is 4.79 Å². The van der Waals surface area contributed by atoms with Gasteiger partial charge >= 0.3 is 5.97 Å². The van der Waals surface area contributed by atoms with Crippen LogP contribution in [0.5, 0.6) is 0 Å². The molecule has 0 aliphatic rings. The first-order valence-electron chi connectivity index (χ1n) is 4.97. The van der Waals surface area contributed by atoms with E-state index in [4.69, 9.17) is 5.11 Å². The number of aliphatic carboxylic acids is 1. The summed E-state index contributed by atoms with van der Waals surface area (Å²) in [6.07, 6.45) is 4.28. The van der Waals surface area contributed by atoms with Crippen molar-refractivity contribution in [2.24, 2.45) is 0 Å². The van der Waals surface area contributed by atoms with Crippen molar-refractivity contribution in [2.45, 2.75) is 32.3 Å². The first kappa shape index (κ1) is 13.7. The first-order valence-corrected chi connectivity index (χ1v) is 4.97. The average Bonchev–Trinajstić information content (AvgIpc) is 2.21. The molecule has 0 amide bonds. The van der Waals surface area contributed by atoms with Crippen molar-refractivity contribution in [3.05, 3.63) is 36.5 Å². The second kappa shape index (κ2) is 7.01. The van der Waals surface area contributed by atoms with Crippen molar-refractivity contribution < 1.29 is 15.0 Å². The standard InChI is InChI=1S/C12H18O3/c1-4-6-8-11(13)9(3)10(7-5-2)12(14)15/h5,7,11,13H,2-4,6,8H2,1H3,(H,14,15)/b10-7+. The SMILES string of the molecule is C=C/C=C(\C(=C)C(O)CCCC)C(=O)O. The summed E-state index contributed by atoms with van der Waals surface area (Å²) < 4.78 is 0. The van der Waals surface area contributed by atoms with Crippen LogP contribution in [0.3, 0.4) is 0 Å². The lowest BCUT2D eigenvalue weighted by Gasteiger charge is -2.13. The fourth-order valence-corrected chi connectivity index (χ4v) is 1.18. The van der Waals surface area contributed by atoms with E-state index >= 15 is 0 Å². The highest BCUT2D eigenvalue weighted by atomic mass is 16.4. The number of hydrogen-bond donors (Lipinski definition) is 2. The van der Waals surface area contributed by atoms with Gasteiger partial charge in [-0.15, -0.1) is 0 Å². The molecule has 0 spiro atoms. The number of rotatable bonds is 7. The van der Waals surface area contributed by atoms with Gasteiger partial charge in [0, 0.05) is 0 Å². The predicted octanol–water partition coefficient (Wildman–Crippen LogP) is 2.29. The van der Waals surface area contributed by atoms with E-state index in [1.807, 2.05) is 6.92 Å². The minimum absolute atomic E-state index is 0.0219. The minimum atomic E-state index is -1.09. The van der Waals surface area contributed by atoms with E-state index in [0.29, 0.717) is 6.42 Å². The Labute approximate surface area is 90.4 Å². The molecule has 0 bridgehead atoms. The quantitative estimate of drug-likeness (QED) is 0.500. The van der Waals surface area contributed by atoms with Gasteiger partial charge in [0.05, 0.1) is 11.7 Å². The normalized spacial score (nSPS) is 13.3. The number of allylic oxidation sites excluding steroid dienone is 2. The minimum Gasteiger partial charge on any atom is -0.478 e. The highest BCUT2D eigenvalue weighted by Gasteiger charge is 2.17. The van der Waals surface area contributed by atoms with Crippen molar-refractivity contribution in [3.63, 3.8) is 0 Å². The summed E-state index contributed by atoms with van der Waals surface area (Å²) in [4.78, 5) is 10.8. The zero-order valence-electron chi connectivity index (χ0n) is 9.07. The lowest BCUT2D eigenvalue weighted by Crippen LogP contribution is -2.15. The Bertz CT molecular complexity index is 277. The number of unbranched alkanes of at least 4 members (excludes halogenated alkanes) is 1. The number of carbonyl (C=O) groups is 1. The fraction of sp³-hybridized carbons (Fsp3) is 0.417. The van der Waals surface area contributed by atoms with E-state index in [1.54, 1.807) is 0 Å². The monoisotopic (exact) mass is 210 g/mol. The molecule has 1 atom stereocenters. The smallest absolute Gasteiger partial charge is 0.336 e. The zero-order chi connectivity index (χ0) is 11.8. The number of carboxylic acid groups (broad SMARTS) is 1. The van der Waals surface area contributed by atoms with Gasteiger partial charge in [0.15, 0.2) is 0 Å². The third kappa shape index (κ3) is 4.61. The Kier molecular flexibility index (Phi) is 6.38. The molecule has 0 radical (unpaired) electrons. The van der Waals surface area contributed by atoms with E-state index in [1.165, 1.54) is 12.2 Å². The molecule has 15 heavy (non-hydrogen) atoms. The predicted molar refractivity (Wildman–Crippen MR) is 60.6 cm³/mol. The van der Waals surface area contributed by atoms with E-state index in [9.17, 15) is 9.90 Å². The van der Waals surface area contributed by atoms with Crippen molar-refractivity contribution in [2.75, 3.05) is 0 Å². The molecule has 3 heteroatoms. The summed E-state index contributed by atoms with van der Waals surface area (Å²) >= 11 is 0. The van der Waals surface area contributed by atoms with Crippen LogP contribution >= 0.6 is 0 Å². The maximum absolute atomic E-state index is 10.8. The van der Waals surface area contributed by atoms with E-state index in [-0.39, 0.29) is 11.1 Å². The summed E-state index contributed by atoms with van der Waals surface area (Å²) in [5.74, 6) is -1.09. The number of aliphatic hydroxyl groups is 1. The summed E-state index contributed by atoms with van der Waals surface area (Å²) in [5, 5.41) is 18.5. The second-order valence-electron chi connectivity index (χ2n) is 3.30. The van der Waals surface area contributed by atoms with Gasteiger partial charge in [-0.2, -0.15) is 0 Å². The Hall–Kier alpha value is -1.35. The Balaban J connectivity index is 4.57. The van der Waals surface area contributed by atoms with E-state index in [2.05, 4.69) is 13.2 Å². The molecule has 0 heterocycles. The van der Waals surface area contributed by atoms with E-state index in [0.717, 1.165) is 12.8 Å². The highest BCUT2D eigenvalue weighted by Crippen LogP contribution is 2.17. The molecule has 0 rings (SSSR count). The van der Waals surface area contributed by atoms with Crippen molar-refractivity contribution in [3.8, 4) is 0 Å².